The van der Waals surface area contributed by atoms with E-state index in [0.717, 1.165) is 21.7 Å². The largest absolute Gasteiger partial charge is 0.336 e. The molecule has 0 radical (unpaired) electrons. The van der Waals surface area contributed by atoms with E-state index in [9.17, 15) is 0 Å². The minimum absolute atomic E-state index is 0.00715. The molecule has 5 heteroatoms. The molecule has 24 heavy (non-hydrogen) atoms. The molecule has 0 aliphatic carbocycles. The van der Waals surface area contributed by atoms with Crippen LogP contribution >= 0.6 is 11.3 Å². The van der Waals surface area contributed by atoms with Crippen molar-refractivity contribution in [3.8, 4) is 33.8 Å². The lowest BCUT2D eigenvalue weighted by Crippen LogP contribution is -1.89. The maximum Gasteiger partial charge on any atom is 0.187 e. The summed E-state index contributed by atoms with van der Waals surface area (Å²) in [5.74, 6) is 0. The van der Waals surface area contributed by atoms with Gasteiger partial charge in [0, 0.05) is 11.8 Å². The first kappa shape index (κ1) is 15.5. The predicted octanol–water partition coefficient (Wildman–Crippen LogP) is 4.82. The maximum absolute atomic E-state index is 8.82. The summed E-state index contributed by atoms with van der Waals surface area (Å²) in [6, 6.07) is 23.6. The first-order valence-electron chi connectivity index (χ1n) is 7.20. The van der Waals surface area contributed by atoms with Gasteiger partial charge in [-0.25, -0.2) is 4.98 Å². The van der Waals surface area contributed by atoms with Crippen LogP contribution in [0.4, 0.5) is 5.13 Å². The second-order valence-corrected chi connectivity index (χ2v) is 5.85. The average Bonchev–Trinajstić information content (AvgIpc) is 3.08. The Morgan fingerprint density at radius 1 is 0.917 bits per heavy atom. The topological polar surface area (TPSA) is 72.5 Å². The molecule has 0 aliphatic rings. The van der Waals surface area contributed by atoms with Crippen LogP contribution in [0.2, 0.25) is 0 Å². The summed E-state index contributed by atoms with van der Waals surface area (Å²) in [5.41, 5.74) is 2.97. The molecule has 3 rings (SSSR count). The molecular weight excluding hydrogens is 316 g/mol. The highest BCUT2D eigenvalue weighted by atomic mass is 32.1. The number of anilines is 1. The molecule has 2 aromatic carbocycles. The van der Waals surface area contributed by atoms with Crippen molar-refractivity contribution < 1.29 is 0 Å². The quantitative estimate of drug-likeness (QED) is 0.697. The number of hydrogen-bond donors (Lipinski definition) is 1. The zero-order chi connectivity index (χ0) is 16.8. The third kappa shape index (κ3) is 3.33. The molecule has 3 aromatic rings. The number of nitrogens with one attached hydrogen (secondary N) is 1. The standard InChI is InChI=1S/C19H12N4S/c20-11-14(12-21)13-22-19-23-17(15-7-3-1-4-8-15)18(24-19)16-9-5-2-6-10-16/h1-10,13H,(H,22,23). The van der Waals surface area contributed by atoms with Crippen molar-refractivity contribution >= 4 is 16.5 Å². The molecule has 1 N–H and O–H groups in total. The first-order chi connectivity index (χ1) is 11.8. The number of benzene rings is 2. The van der Waals surface area contributed by atoms with Gasteiger partial charge in [-0.1, -0.05) is 72.0 Å². The van der Waals surface area contributed by atoms with E-state index in [1.807, 2.05) is 72.8 Å². The summed E-state index contributed by atoms with van der Waals surface area (Å²) in [6.07, 6.45) is 1.38. The fraction of sp³-hybridized carbons (Fsp3) is 0. The fourth-order valence-corrected chi connectivity index (χ4v) is 3.14. The summed E-state index contributed by atoms with van der Waals surface area (Å²) in [7, 11) is 0. The summed E-state index contributed by atoms with van der Waals surface area (Å²) in [5, 5.41) is 21.2. The SMILES string of the molecule is N#CC(C#N)=CNc1nc(-c2ccccc2)c(-c2ccccc2)s1. The lowest BCUT2D eigenvalue weighted by Gasteiger charge is -2.02. The van der Waals surface area contributed by atoms with E-state index in [0.29, 0.717) is 5.13 Å². The van der Waals surface area contributed by atoms with Crippen molar-refractivity contribution in [3.63, 3.8) is 0 Å². The van der Waals surface area contributed by atoms with Gasteiger partial charge in [0.25, 0.3) is 0 Å². The lowest BCUT2D eigenvalue weighted by atomic mass is 10.1. The van der Waals surface area contributed by atoms with Crippen molar-refractivity contribution in [1.82, 2.24) is 4.98 Å². The van der Waals surface area contributed by atoms with Gasteiger partial charge in [0.1, 0.15) is 17.7 Å². The number of hydrogen-bond acceptors (Lipinski definition) is 5. The van der Waals surface area contributed by atoms with Crippen LogP contribution in [0, 0.1) is 22.7 Å². The van der Waals surface area contributed by atoms with Crippen molar-refractivity contribution in [2.24, 2.45) is 0 Å². The Labute approximate surface area is 144 Å². The monoisotopic (exact) mass is 328 g/mol. The van der Waals surface area contributed by atoms with Crippen LogP contribution in [0.5, 0.6) is 0 Å². The molecule has 0 fully saturated rings. The van der Waals surface area contributed by atoms with Crippen LogP contribution in [0.1, 0.15) is 0 Å². The van der Waals surface area contributed by atoms with Crippen LogP contribution in [0.25, 0.3) is 21.7 Å². The molecule has 0 bridgehead atoms. The molecule has 0 unspecified atom stereocenters. The summed E-state index contributed by atoms with van der Waals surface area (Å²) in [6.45, 7) is 0. The Morgan fingerprint density at radius 3 is 2.08 bits per heavy atom. The third-order valence-corrected chi connectivity index (χ3v) is 4.33. The molecule has 0 spiro atoms. The Hall–Kier alpha value is -3.41. The first-order valence-corrected chi connectivity index (χ1v) is 8.02. The number of aromatic nitrogens is 1. The van der Waals surface area contributed by atoms with E-state index >= 15 is 0 Å². The number of allylic oxidation sites excluding steroid dienone is 1. The van der Waals surface area contributed by atoms with E-state index in [4.69, 9.17) is 10.5 Å². The molecule has 0 aliphatic heterocycles. The van der Waals surface area contributed by atoms with Gasteiger partial charge in [0.05, 0.1) is 10.6 Å². The Kier molecular flexibility index (Phi) is 4.67. The lowest BCUT2D eigenvalue weighted by molar-refractivity contribution is 1.37. The van der Waals surface area contributed by atoms with Crippen LogP contribution < -0.4 is 5.32 Å². The number of nitriles is 2. The molecule has 114 valence electrons. The van der Waals surface area contributed by atoms with Crippen LogP contribution in [0.15, 0.2) is 72.4 Å². The van der Waals surface area contributed by atoms with E-state index in [2.05, 4.69) is 10.3 Å². The highest BCUT2D eigenvalue weighted by Crippen LogP contribution is 2.38. The molecular formula is C19H12N4S. The highest BCUT2D eigenvalue weighted by molar-refractivity contribution is 7.19. The van der Waals surface area contributed by atoms with Gasteiger partial charge in [-0.15, -0.1) is 0 Å². The second-order valence-electron chi connectivity index (χ2n) is 4.85. The summed E-state index contributed by atoms with van der Waals surface area (Å²) < 4.78 is 0. The van der Waals surface area contributed by atoms with Gasteiger partial charge in [-0.2, -0.15) is 10.5 Å². The molecule has 0 saturated carbocycles. The molecule has 0 atom stereocenters. The Morgan fingerprint density at radius 2 is 1.50 bits per heavy atom. The molecule has 1 heterocycles. The highest BCUT2D eigenvalue weighted by Gasteiger charge is 2.14. The Balaban J connectivity index is 2.06. The third-order valence-electron chi connectivity index (χ3n) is 3.29. The molecule has 1 aromatic heterocycles. The van der Waals surface area contributed by atoms with E-state index < -0.39 is 0 Å². The van der Waals surface area contributed by atoms with Gasteiger partial charge in [0.2, 0.25) is 0 Å². The van der Waals surface area contributed by atoms with Gasteiger partial charge >= 0.3 is 0 Å². The summed E-state index contributed by atoms with van der Waals surface area (Å²) in [4.78, 5) is 5.68. The van der Waals surface area contributed by atoms with E-state index in [1.165, 1.54) is 17.5 Å². The number of nitrogens with zero attached hydrogens (tertiary/aromatic N) is 3. The van der Waals surface area contributed by atoms with Gasteiger partial charge in [-0.05, 0) is 5.56 Å². The zero-order valence-electron chi connectivity index (χ0n) is 12.6. The smallest absolute Gasteiger partial charge is 0.187 e. The number of thiazole rings is 1. The van der Waals surface area contributed by atoms with Crippen molar-refractivity contribution in [3.05, 3.63) is 72.4 Å². The van der Waals surface area contributed by atoms with Crippen LogP contribution in [0.3, 0.4) is 0 Å². The molecule has 0 saturated heterocycles. The van der Waals surface area contributed by atoms with E-state index in [1.54, 1.807) is 0 Å². The number of rotatable bonds is 4. The van der Waals surface area contributed by atoms with Crippen molar-refractivity contribution in [2.75, 3.05) is 5.32 Å². The van der Waals surface area contributed by atoms with Gasteiger partial charge < -0.3 is 5.32 Å². The Bertz CT molecular complexity index is 872. The van der Waals surface area contributed by atoms with E-state index in [-0.39, 0.29) is 5.57 Å². The maximum atomic E-state index is 8.82. The van der Waals surface area contributed by atoms with Crippen molar-refractivity contribution in [2.45, 2.75) is 0 Å². The zero-order valence-corrected chi connectivity index (χ0v) is 13.4. The summed E-state index contributed by atoms with van der Waals surface area (Å²) >= 11 is 1.48. The molecule has 0 amide bonds. The predicted molar refractivity (Wildman–Crippen MR) is 95.9 cm³/mol. The minimum Gasteiger partial charge on any atom is -0.336 e. The van der Waals surface area contributed by atoms with Gasteiger partial charge in [-0.3, -0.25) is 0 Å². The minimum atomic E-state index is 0.00715. The normalized spacial score (nSPS) is 9.58. The average molecular weight is 328 g/mol. The fourth-order valence-electron chi connectivity index (χ4n) is 2.18. The second kappa shape index (κ2) is 7.23. The van der Waals surface area contributed by atoms with Crippen LogP contribution in [-0.4, -0.2) is 4.98 Å². The van der Waals surface area contributed by atoms with Crippen molar-refractivity contribution in [1.29, 1.82) is 10.5 Å². The van der Waals surface area contributed by atoms with Crippen LogP contribution in [-0.2, 0) is 0 Å². The van der Waals surface area contributed by atoms with Gasteiger partial charge in [0.15, 0.2) is 5.13 Å². The molecule has 4 nitrogen and oxygen atoms in total.